The van der Waals surface area contributed by atoms with Gasteiger partial charge in [0.2, 0.25) is 6.10 Å². The lowest BCUT2D eigenvalue weighted by Crippen LogP contribution is -2.26. The number of hydrogen-bond donors (Lipinski definition) is 1. The fourth-order valence-corrected chi connectivity index (χ4v) is 4.43. The second-order valence-electron chi connectivity index (χ2n) is 7.27. The van der Waals surface area contributed by atoms with Crippen molar-refractivity contribution in [3.05, 3.63) is 98.5 Å². The molecule has 8 nitrogen and oxygen atoms in total. The van der Waals surface area contributed by atoms with Crippen molar-refractivity contribution in [1.82, 2.24) is 4.98 Å². The third kappa shape index (κ3) is 5.56. The molecule has 4 aromatic rings. The molecule has 1 amide bonds. The van der Waals surface area contributed by atoms with Crippen LogP contribution in [0.3, 0.4) is 0 Å². The molecule has 0 bridgehead atoms. The summed E-state index contributed by atoms with van der Waals surface area (Å²) in [4.78, 5) is 40.5. The molecule has 0 unspecified atom stereocenters. The smallest absolute Gasteiger partial charge is 0.307 e. The summed E-state index contributed by atoms with van der Waals surface area (Å²) in [6.45, 7) is 0. The molecular weight excluding hydrogens is 478 g/mol. The van der Waals surface area contributed by atoms with Gasteiger partial charge in [-0.05, 0) is 18.2 Å². The number of nitro groups is 1. The molecule has 3 aromatic carbocycles. The van der Waals surface area contributed by atoms with Gasteiger partial charge < -0.3 is 10.1 Å². The van der Waals surface area contributed by atoms with E-state index in [4.69, 9.17) is 16.3 Å². The molecule has 4 rings (SSSR count). The number of aromatic nitrogens is 1. The zero-order valence-electron chi connectivity index (χ0n) is 17.6. The molecule has 0 saturated heterocycles. The van der Waals surface area contributed by atoms with E-state index in [2.05, 4.69) is 10.3 Å². The van der Waals surface area contributed by atoms with Crippen LogP contribution in [0.1, 0.15) is 23.1 Å². The number of esters is 1. The van der Waals surface area contributed by atoms with Gasteiger partial charge in [-0.25, -0.2) is 4.98 Å². The van der Waals surface area contributed by atoms with Gasteiger partial charge in [-0.1, -0.05) is 54.1 Å². The van der Waals surface area contributed by atoms with Gasteiger partial charge >= 0.3 is 5.97 Å². The van der Waals surface area contributed by atoms with Crippen LogP contribution in [0.25, 0.3) is 10.2 Å². The van der Waals surface area contributed by atoms with Crippen molar-refractivity contribution in [3.63, 3.8) is 0 Å². The van der Waals surface area contributed by atoms with Gasteiger partial charge in [-0.2, -0.15) is 0 Å². The Morgan fingerprint density at radius 3 is 2.53 bits per heavy atom. The first-order chi connectivity index (χ1) is 16.4. The van der Waals surface area contributed by atoms with Gasteiger partial charge in [0.05, 0.1) is 37.3 Å². The van der Waals surface area contributed by atoms with Crippen LogP contribution in [0.2, 0.25) is 5.02 Å². The van der Waals surface area contributed by atoms with E-state index in [1.54, 1.807) is 30.3 Å². The molecule has 1 N–H and O–H groups in total. The fraction of sp³-hybridized carbons (Fsp3) is 0.125. The molecule has 0 aliphatic carbocycles. The van der Waals surface area contributed by atoms with Crippen molar-refractivity contribution in [3.8, 4) is 0 Å². The number of fused-ring (bicyclic) bond motifs is 1. The third-order valence-electron chi connectivity index (χ3n) is 4.89. The highest BCUT2D eigenvalue weighted by Crippen LogP contribution is 2.29. The number of thiazole rings is 1. The van der Waals surface area contributed by atoms with Crippen LogP contribution in [0.5, 0.6) is 0 Å². The molecule has 1 aromatic heterocycles. The van der Waals surface area contributed by atoms with Crippen molar-refractivity contribution in [2.75, 3.05) is 5.32 Å². The number of halogens is 1. The predicted octanol–water partition coefficient (Wildman–Crippen LogP) is 5.71. The zero-order chi connectivity index (χ0) is 24.1. The van der Waals surface area contributed by atoms with E-state index in [0.717, 1.165) is 21.3 Å². The van der Waals surface area contributed by atoms with Crippen molar-refractivity contribution in [2.24, 2.45) is 0 Å². The Bertz CT molecular complexity index is 1330. The number of nitro benzene ring substituents is 1. The first-order valence-corrected chi connectivity index (χ1v) is 11.4. The first kappa shape index (κ1) is 23.3. The Morgan fingerprint density at radius 1 is 1.09 bits per heavy atom. The zero-order valence-corrected chi connectivity index (χ0v) is 19.2. The first-order valence-electron chi connectivity index (χ1n) is 10.2. The number of ether oxygens (including phenoxy) is 1. The van der Waals surface area contributed by atoms with E-state index in [0.29, 0.717) is 12.0 Å². The third-order valence-corrected chi connectivity index (χ3v) is 6.30. The molecule has 1 atom stereocenters. The average molecular weight is 496 g/mol. The molecule has 0 saturated carbocycles. The lowest BCUT2D eigenvalue weighted by Gasteiger charge is -2.18. The Balaban J connectivity index is 1.46. The number of amides is 1. The minimum Gasteiger partial charge on any atom is -0.447 e. The maximum absolute atomic E-state index is 13.0. The average Bonchev–Trinajstić information content (AvgIpc) is 3.26. The molecule has 34 heavy (non-hydrogen) atoms. The van der Waals surface area contributed by atoms with E-state index >= 15 is 0 Å². The van der Waals surface area contributed by atoms with Gasteiger partial charge in [-0.3, -0.25) is 19.7 Å². The van der Waals surface area contributed by atoms with Gasteiger partial charge in [0.15, 0.2) is 0 Å². The minimum absolute atomic E-state index is 0.00322. The molecule has 1 heterocycles. The van der Waals surface area contributed by atoms with Gasteiger partial charge in [0.1, 0.15) is 0 Å². The van der Waals surface area contributed by atoms with Gasteiger partial charge in [-0.15, -0.1) is 11.3 Å². The summed E-state index contributed by atoms with van der Waals surface area (Å²) in [7, 11) is 0. The molecule has 0 aliphatic heterocycles. The van der Waals surface area contributed by atoms with Crippen molar-refractivity contribution < 1.29 is 19.2 Å². The quantitative estimate of drug-likeness (QED) is 0.190. The van der Waals surface area contributed by atoms with Gasteiger partial charge in [0, 0.05) is 24.1 Å². The van der Waals surface area contributed by atoms with Crippen LogP contribution < -0.4 is 5.32 Å². The molecule has 10 heteroatoms. The Hall–Kier alpha value is -3.82. The van der Waals surface area contributed by atoms with Crippen LogP contribution in [-0.2, 0) is 20.7 Å². The summed E-state index contributed by atoms with van der Waals surface area (Å²) < 4.78 is 6.58. The maximum Gasteiger partial charge on any atom is 0.307 e. The Labute approximate surface area is 203 Å². The lowest BCUT2D eigenvalue weighted by atomic mass is 10.1. The lowest BCUT2D eigenvalue weighted by molar-refractivity contribution is -0.384. The Morgan fingerprint density at radius 2 is 1.82 bits per heavy atom. The van der Waals surface area contributed by atoms with Crippen LogP contribution >= 0.6 is 22.9 Å². The van der Waals surface area contributed by atoms with E-state index in [9.17, 15) is 19.7 Å². The SMILES string of the molecule is O=C(CCc1nc2ccccc2s1)O[C@H](C(=O)Nc1ccc([N+](=O)[O-])cc1Cl)c1ccccc1. The molecule has 0 spiro atoms. The number of non-ortho nitro benzene ring substituents is 1. The molecule has 0 aliphatic rings. The summed E-state index contributed by atoms with van der Waals surface area (Å²) in [5, 5.41) is 14.3. The van der Waals surface area contributed by atoms with E-state index < -0.39 is 22.9 Å². The standard InChI is InChI=1S/C24H18ClN3O5S/c25-17-14-16(28(31)32)10-11-18(17)27-24(30)23(15-6-2-1-3-7-15)33-22(29)13-12-21-26-19-8-4-5-9-20(19)34-21/h1-11,14,23H,12-13H2,(H,27,30)/t23-/m0/s1. The van der Waals surface area contributed by atoms with Crippen molar-refractivity contribution >= 4 is 56.4 Å². The molecule has 172 valence electrons. The molecule has 0 radical (unpaired) electrons. The number of nitrogens with zero attached hydrogens (tertiary/aromatic N) is 2. The fourth-order valence-electron chi connectivity index (χ4n) is 3.24. The van der Waals surface area contributed by atoms with E-state index in [-0.39, 0.29) is 22.8 Å². The van der Waals surface area contributed by atoms with Crippen LogP contribution in [0.15, 0.2) is 72.8 Å². The summed E-state index contributed by atoms with van der Waals surface area (Å²) in [5.41, 5.74) is 1.32. The number of para-hydroxylation sites is 1. The highest BCUT2D eigenvalue weighted by Gasteiger charge is 2.26. The van der Waals surface area contributed by atoms with E-state index in [1.807, 2.05) is 24.3 Å². The normalized spacial score (nSPS) is 11.7. The van der Waals surface area contributed by atoms with Crippen molar-refractivity contribution in [1.29, 1.82) is 0 Å². The number of benzene rings is 3. The number of nitrogens with one attached hydrogen (secondary N) is 1. The summed E-state index contributed by atoms with van der Waals surface area (Å²) in [5.74, 6) is -1.19. The topological polar surface area (TPSA) is 111 Å². The number of carbonyl (C=O) groups is 2. The number of aryl methyl sites for hydroxylation is 1. The molecular formula is C24H18ClN3O5S. The number of hydrogen-bond acceptors (Lipinski definition) is 7. The van der Waals surface area contributed by atoms with Crippen LogP contribution in [-0.4, -0.2) is 21.8 Å². The van der Waals surface area contributed by atoms with Crippen molar-refractivity contribution in [2.45, 2.75) is 18.9 Å². The predicted molar refractivity (Wildman–Crippen MR) is 130 cm³/mol. The molecule has 0 fully saturated rings. The number of anilines is 1. The second kappa shape index (κ2) is 10.4. The maximum atomic E-state index is 13.0. The highest BCUT2D eigenvalue weighted by atomic mass is 35.5. The van der Waals surface area contributed by atoms with Gasteiger partial charge in [0.25, 0.3) is 11.6 Å². The monoisotopic (exact) mass is 495 g/mol. The number of carbonyl (C=O) groups excluding carboxylic acids is 2. The Kier molecular flexibility index (Phi) is 7.15. The highest BCUT2D eigenvalue weighted by molar-refractivity contribution is 7.18. The summed E-state index contributed by atoms with van der Waals surface area (Å²) in [6, 6.07) is 20.0. The summed E-state index contributed by atoms with van der Waals surface area (Å²) in [6.07, 6.45) is -0.792. The summed E-state index contributed by atoms with van der Waals surface area (Å²) >= 11 is 7.60. The number of rotatable bonds is 8. The van der Waals surface area contributed by atoms with Crippen LogP contribution in [0, 0.1) is 10.1 Å². The second-order valence-corrected chi connectivity index (χ2v) is 8.79. The largest absolute Gasteiger partial charge is 0.447 e. The van der Waals surface area contributed by atoms with Crippen LogP contribution in [0.4, 0.5) is 11.4 Å². The van der Waals surface area contributed by atoms with E-state index in [1.165, 1.54) is 23.5 Å². The minimum atomic E-state index is -1.23.